The Hall–Kier alpha value is -2.63. The number of Topliss-reactive ketones (excluding diaryl/α,β-unsaturated/α-hetero) is 2. The van der Waals surface area contributed by atoms with Gasteiger partial charge in [-0.25, -0.2) is 0 Å². The fourth-order valence-electron chi connectivity index (χ4n) is 3.55. The van der Waals surface area contributed by atoms with Crippen molar-refractivity contribution in [3.63, 3.8) is 0 Å². The first-order chi connectivity index (χ1) is 17.6. The average molecular weight is 616 g/mol. The van der Waals surface area contributed by atoms with Gasteiger partial charge >= 0.3 is 0 Å². The summed E-state index contributed by atoms with van der Waals surface area (Å²) in [7, 11) is -8.83. The molecule has 0 atom stereocenters. The molecular weight excluding hydrogens is 595 g/mol. The third kappa shape index (κ3) is 6.16. The van der Waals surface area contributed by atoms with Crippen molar-refractivity contribution in [3.05, 3.63) is 80.3 Å². The van der Waals surface area contributed by atoms with Crippen LogP contribution in [0.4, 0.5) is 0 Å². The molecule has 0 N–H and O–H groups in total. The van der Waals surface area contributed by atoms with Crippen LogP contribution in [0, 0.1) is 19.8 Å². The number of aryl methyl sites for hydroxylation is 2. The van der Waals surface area contributed by atoms with Crippen LogP contribution in [0.3, 0.4) is 0 Å². The highest BCUT2D eigenvalue weighted by atomic mass is 35.5. The van der Waals surface area contributed by atoms with E-state index in [-0.39, 0.29) is 9.79 Å². The van der Waals surface area contributed by atoms with Crippen molar-refractivity contribution in [2.45, 2.75) is 37.5 Å². The lowest BCUT2D eigenvalue weighted by Crippen LogP contribution is -2.32. The van der Waals surface area contributed by atoms with Crippen LogP contribution in [0.1, 0.15) is 25.0 Å². The van der Waals surface area contributed by atoms with Crippen LogP contribution >= 0.6 is 34.8 Å². The Labute approximate surface area is 235 Å². The molecule has 200 valence electrons. The van der Waals surface area contributed by atoms with Gasteiger partial charge in [0.2, 0.25) is 0 Å². The summed E-state index contributed by atoms with van der Waals surface area (Å²) in [5, 5.41) is -1.63. The van der Waals surface area contributed by atoms with Gasteiger partial charge in [-0.2, -0.15) is 25.6 Å². The van der Waals surface area contributed by atoms with Crippen LogP contribution in [0.5, 0.6) is 0 Å². The molecule has 3 rings (SSSR count). The number of carbonyl (C=O) groups excluding carboxylic acids is 2. The monoisotopic (exact) mass is 614 g/mol. The Balaban J connectivity index is 2.35. The van der Waals surface area contributed by atoms with E-state index in [9.17, 15) is 26.4 Å². The van der Waals surface area contributed by atoms with Crippen LogP contribution in [-0.4, -0.2) is 39.8 Å². The molecule has 13 heteroatoms. The first kappa shape index (κ1) is 29.9. The van der Waals surface area contributed by atoms with E-state index >= 15 is 0 Å². The zero-order valence-electron chi connectivity index (χ0n) is 20.5. The third-order valence-corrected chi connectivity index (χ3v) is 9.27. The lowest BCUT2D eigenvalue weighted by atomic mass is 9.85. The molecule has 0 bridgehead atoms. The van der Waals surface area contributed by atoms with Crippen LogP contribution in [-0.2, 0) is 29.6 Å². The lowest BCUT2D eigenvalue weighted by molar-refractivity contribution is -0.128. The van der Waals surface area contributed by atoms with Crippen LogP contribution in [0.15, 0.2) is 87.8 Å². The number of benzene rings is 2. The summed E-state index contributed by atoms with van der Waals surface area (Å²) in [6, 6.07) is 11.5. The number of allylic oxidation sites excluding steroid dienone is 4. The smallest absolute Gasteiger partial charge is 0.282 e. The van der Waals surface area contributed by atoms with Gasteiger partial charge in [-0.05, 0) is 52.0 Å². The minimum atomic E-state index is -4.44. The number of halogens is 3. The Kier molecular flexibility index (Phi) is 8.84. The lowest BCUT2D eigenvalue weighted by Gasteiger charge is -2.24. The quantitative estimate of drug-likeness (QED) is 0.309. The Bertz CT molecular complexity index is 1660. The molecule has 38 heavy (non-hydrogen) atoms. The van der Waals surface area contributed by atoms with E-state index in [1.165, 1.54) is 24.3 Å². The molecule has 0 spiro atoms. The maximum absolute atomic E-state index is 13.1. The molecule has 1 aliphatic carbocycles. The molecular formula is C25H21Cl3N2O6S2. The Morgan fingerprint density at radius 3 is 1.34 bits per heavy atom. The largest absolute Gasteiger partial charge is 0.299 e. The highest BCUT2D eigenvalue weighted by Crippen LogP contribution is 2.38. The van der Waals surface area contributed by atoms with Crippen LogP contribution in [0.25, 0.3) is 0 Å². The molecule has 0 fully saturated rings. The molecule has 0 saturated carbocycles. The Morgan fingerprint density at radius 1 is 0.632 bits per heavy atom. The molecule has 0 amide bonds. The predicted octanol–water partition coefficient (Wildman–Crippen LogP) is 5.25. The number of hydrogen-bond donors (Lipinski definition) is 0. The SMILES string of the molecule is CC(=O)C(C(C)=O)C1=C(Cl)C(=N/S(=O)(=O)c2ccc(C)cc2)/C(Cl)=C(Cl)C/1=N\S(=O)(=O)c1ccc(C)cc1. The highest BCUT2D eigenvalue weighted by Gasteiger charge is 2.39. The van der Waals surface area contributed by atoms with E-state index in [1.807, 2.05) is 0 Å². The van der Waals surface area contributed by atoms with Gasteiger partial charge in [0.1, 0.15) is 28.9 Å². The van der Waals surface area contributed by atoms with Gasteiger partial charge < -0.3 is 0 Å². The van der Waals surface area contributed by atoms with Gasteiger partial charge in [-0.1, -0.05) is 70.2 Å². The standard InChI is InChI=1S/C25H21Cl3N2O6S2/c1-13-5-9-17(10-6-13)37(33,34)29-24-20(19(15(3)31)16(4)32)21(26)25(23(28)22(24)27)30-38(35,36)18-11-7-14(2)8-12-18/h5-12,19H,1-4H3/b29-24-,30-25-. The normalized spacial score (nSPS) is 17.1. The molecule has 2 aromatic carbocycles. The second-order valence-electron chi connectivity index (χ2n) is 8.47. The second kappa shape index (κ2) is 11.2. The topological polar surface area (TPSA) is 127 Å². The number of carbonyl (C=O) groups is 2. The number of rotatable bonds is 7. The predicted molar refractivity (Wildman–Crippen MR) is 148 cm³/mol. The van der Waals surface area contributed by atoms with Gasteiger partial charge in [0.15, 0.2) is 0 Å². The minimum Gasteiger partial charge on any atom is -0.299 e. The van der Waals surface area contributed by atoms with Crippen molar-refractivity contribution >= 4 is 77.8 Å². The van der Waals surface area contributed by atoms with Crippen molar-refractivity contribution in [1.82, 2.24) is 0 Å². The molecule has 0 aliphatic heterocycles. The summed E-state index contributed by atoms with van der Waals surface area (Å²) >= 11 is 19.3. The molecule has 0 aromatic heterocycles. The minimum absolute atomic E-state index is 0.182. The van der Waals surface area contributed by atoms with Crippen molar-refractivity contribution in [3.8, 4) is 0 Å². The van der Waals surface area contributed by atoms with Crippen molar-refractivity contribution in [1.29, 1.82) is 0 Å². The van der Waals surface area contributed by atoms with E-state index < -0.39 is 69.6 Å². The van der Waals surface area contributed by atoms with E-state index in [4.69, 9.17) is 34.8 Å². The molecule has 2 aromatic rings. The van der Waals surface area contributed by atoms with Gasteiger partial charge in [-0.15, -0.1) is 0 Å². The summed E-state index contributed by atoms with van der Waals surface area (Å²) in [6.45, 7) is 5.70. The van der Waals surface area contributed by atoms with Gasteiger partial charge in [0.25, 0.3) is 20.0 Å². The zero-order chi connectivity index (χ0) is 28.6. The Morgan fingerprint density at radius 2 is 0.974 bits per heavy atom. The third-order valence-electron chi connectivity index (χ3n) is 5.47. The first-order valence-corrected chi connectivity index (χ1v) is 14.9. The average Bonchev–Trinajstić information content (AvgIpc) is 2.82. The summed E-state index contributed by atoms with van der Waals surface area (Å²) in [5.74, 6) is -3.05. The maximum atomic E-state index is 13.1. The van der Waals surface area contributed by atoms with Gasteiger partial charge in [0, 0.05) is 5.57 Å². The molecule has 8 nitrogen and oxygen atoms in total. The number of sulfonamides is 2. The van der Waals surface area contributed by atoms with E-state index in [0.29, 0.717) is 0 Å². The van der Waals surface area contributed by atoms with Gasteiger partial charge in [-0.3, -0.25) is 9.59 Å². The van der Waals surface area contributed by atoms with E-state index in [0.717, 1.165) is 25.0 Å². The van der Waals surface area contributed by atoms with Crippen LogP contribution in [0.2, 0.25) is 0 Å². The maximum Gasteiger partial charge on any atom is 0.282 e. The molecule has 0 unspecified atom stereocenters. The number of hydrogen-bond acceptors (Lipinski definition) is 6. The molecule has 1 aliphatic rings. The molecule has 0 saturated heterocycles. The second-order valence-corrected chi connectivity index (χ2v) is 12.8. The zero-order valence-corrected chi connectivity index (χ0v) is 24.4. The van der Waals surface area contributed by atoms with Crippen LogP contribution < -0.4 is 0 Å². The molecule has 0 heterocycles. The first-order valence-electron chi connectivity index (χ1n) is 10.9. The van der Waals surface area contributed by atoms with Crippen molar-refractivity contribution in [2.75, 3.05) is 0 Å². The summed E-state index contributed by atoms with van der Waals surface area (Å²) in [6.07, 6.45) is 0. The van der Waals surface area contributed by atoms with Crippen molar-refractivity contribution in [2.24, 2.45) is 14.7 Å². The van der Waals surface area contributed by atoms with Gasteiger partial charge in [0.05, 0.1) is 24.9 Å². The molecule has 0 radical (unpaired) electrons. The van der Waals surface area contributed by atoms with Crippen molar-refractivity contribution < 1.29 is 26.4 Å². The fourth-order valence-corrected chi connectivity index (χ4v) is 6.56. The number of ketones is 2. The summed E-state index contributed by atoms with van der Waals surface area (Å²) in [4.78, 5) is 24.6. The van der Waals surface area contributed by atoms with E-state index in [2.05, 4.69) is 8.80 Å². The summed E-state index contributed by atoms with van der Waals surface area (Å²) in [5.41, 5.74) is 0.0478. The van der Waals surface area contributed by atoms with E-state index in [1.54, 1.807) is 38.1 Å². The highest BCUT2D eigenvalue weighted by molar-refractivity contribution is 7.90. The number of nitrogens with zero attached hydrogens (tertiary/aromatic N) is 2. The summed E-state index contributed by atoms with van der Waals surface area (Å²) < 4.78 is 59.8. The fraction of sp³-hybridized carbons (Fsp3) is 0.200.